The lowest BCUT2D eigenvalue weighted by atomic mass is 9.89. The molecule has 7 aromatic rings. The van der Waals surface area contributed by atoms with Crippen LogP contribution in [0, 0.1) is 5.95 Å². The summed E-state index contributed by atoms with van der Waals surface area (Å²) < 4.78 is 14.5. The van der Waals surface area contributed by atoms with Crippen molar-refractivity contribution in [1.29, 1.82) is 0 Å². The predicted octanol–water partition coefficient (Wildman–Crippen LogP) is 10.3. The van der Waals surface area contributed by atoms with Crippen molar-refractivity contribution in [3.8, 4) is 22.3 Å². The van der Waals surface area contributed by atoms with E-state index in [9.17, 15) is 4.39 Å². The second-order valence-electron chi connectivity index (χ2n) is 9.75. The van der Waals surface area contributed by atoms with Gasteiger partial charge in [0.2, 0.25) is 5.95 Å². The molecule has 0 bridgehead atoms. The zero-order chi connectivity index (χ0) is 26.9. The smallest absolute Gasteiger partial charge is 0.214 e. The van der Waals surface area contributed by atoms with Gasteiger partial charge in [0, 0.05) is 16.5 Å². The van der Waals surface area contributed by atoms with E-state index >= 15 is 0 Å². The number of benzene rings is 6. The number of para-hydroxylation sites is 1. The van der Waals surface area contributed by atoms with Crippen molar-refractivity contribution in [2.45, 2.75) is 0 Å². The van der Waals surface area contributed by atoms with Crippen molar-refractivity contribution in [1.82, 2.24) is 4.98 Å². The lowest BCUT2D eigenvalue weighted by Crippen LogP contribution is -2.13. The molecule has 0 aliphatic carbocycles. The maximum Gasteiger partial charge on any atom is 0.214 e. The molecule has 0 aliphatic rings. The number of rotatable bonds is 5. The number of hydrogen-bond donors (Lipinski definition) is 0. The highest BCUT2D eigenvalue weighted by Crippen LogP contribution is 2.47. The lowest BCUT2D eigenvalue weighted by Gasteiger charge is -2.28. The molecule has 1 aromatic heterocycles. The number of nitrogens with zero attached hydrogens (tertiary/aromatic N) is 2. The quantitative estimate of drug-likeness (QED) is 0.167. The fourth-order valence-corrected chi connectivity index (χ4v) is 5.62. The molecule has 190 valence electrons. The maximum absolute atomic E-state index is 14.5. The minimum absolute atomic E-state index is 0.513. The second kappa shape index (κ2) is 10.1. The molecule has 0 N–H and O–H groups in total. The van der Waals surface area contributed by atoms with E-state index < -0.39 is 5.95 Å². The van der Waals surface area contributed by atoms with Crippen molar-refractivity contribution in [3.63, 3.8) is 0 Å². The molecule has 0 fully saturated rings. The van der Waals surface area contributed by atoms with Gasteiger partial charge in [0.1, 0.15) is 5.82 Å². The van der Waals surface area contributed by atoms with Gasteiger partial charge in [-0.3, -0.25) is 4.90 Å². The minimum atomic E-state index is -0.513. The molecule has 0 unspecified atom stereocenters. The van der Waals surface area contributed by atoms with Crippen molar-refractivity contribution in [2.75, 3.05) is 4.90 Å². The zero-order valence-corrected chi connectivity index (χ0v) is 21.7. The molecule has 40 heavy (non-hydrogen) atoms. The molecule has 2 nitrogen and oxygen atoms in total. The third-order valence-electron chi connectivity index (χ3n) is 7.33. The van der Waals surface area contributed by atoms with Crippen molar-refractivity contribution in [2.24, 2.45) is 0 Å². The van der Waals surface area contributed by atoms with Crippen LogP contribution >= 0.6 is 0 Å². The summed E-state index contributed by atoms with van der Waals surface area (Å²) in [6.45, 7) is 0. The molecular weight excluding hydrogens is 491 g/mol. The molecule has 0 amide bonds. The van der Waals surface area contributed by atoms with Gasteiger partial charge < -0.3 is 0 Å². The molecule has 3 heteroatoms. The first-order valence-corrected chi connectivity index (χ1v) is 13.3. The van der Waals surface area contributed by atoms with Gasteiger partial charge in [-0.2, -0.15) is 4.39 Å². The van der Waals surface area contributed by atoms with Gasteiger partial charge in [-0.05, 0) is 63.4 Å². The molecule has 0 atom stereocenters. The Morgan fingerprint density at radius 2 is 0.975 bits per heavy atom. The van der Waals surface area contributed by atoms with Crippen LogP contribution in [0.1, 0.15) is 0 Å². The van der Waals surface area contributed by atoms with E-state index in [1.165, 1.54) is 22.8 Å². The van der Waals surface area contributed by atoms with Crippen LogP contribution in [0.4, 0.5) is 21.6 Å². The standard InChI is InChI=1S/C37H25FN2/c38-34-23-12-24-35(39-34)40(29-17-5-2-6-18-29)37-32-21-9-7-19-30(32)36(31-20-8-10-22-33(31)37)28-16-11-15-27(25-28)26-13-3-1-4-14-26/h1-25H. The van der Waals surface area contributed by atoms with E-state index in [-0.39, 0.29) is 0 Å². The summed E-state index contributed by atoms with van der Waals surface area (Å²) in [7, 11) is 0. The number of pyridine rings is 1. The van der Waals surface area contributed by atoms with Crippen LogP contribution in [0.2, 0.25) is 0 Å². The van der Waals surface area contributed by atoms with E-state index in [1.54, 1.807) is 6.07 Å². The summed E-state index contributed by atoms with van der Waals surface area (Å²) >= 11 is 0. The van der Waals surface area contributed by atoms with Crippen molar-refractivity contribution < 1.29 is 4.39 Å². The Morgan fingerprint density at radius 3 is 1.62 bits per heavy atom. The third kappa shape index (κ3) is 4.18. The average Bonchev–Trinajstić information content (AvgIpc) is 3.02. The van der Waals surface area contributed by atoms with Gasteiger partial charge in [-0.1, -0.05) is 121 Å². The lowest BCUT2D eigenvalue weighted by molar-refractivity contribution is 0.584. The van der Waals surface area contributed by atoms with Crippen LogP contribution in [-0.4, -0.2) is 4.98 Å². The summed E-state index contributed by atoms with van der Waals surface area (Å²) in [5, 5.41) is 4.38. The molecule has 0 spiro atoms. The largest absolute Gasteiger partial charge is 0.294 e. The highest BCUT2D eigenvalue weighted by molar-refractivity contribution is 6.22. The molecule has 6 aromatic carbocycles. The summed E-state index contributed by atoms with van der Waals surface area (Å²) in [5.41, 5.74) is 6.56. The Hall–Kier alpha value is -5.28. The first-order valence-electron chi connectivity index (χ1n) is 13.3. The van der Waals surface area contributed by atoms with E-state index in [1.807, 2.05) is 42.5 Å². The van der Waals surface area contributed by atoms with Gasteiger partial charge in [0.15, 0.2) is 0 Å². The van der Waals surface area contributed by atoms with Crippen LogP contribution in [0.25, 0.3) is 43.8 Å². The van der Waals surface area contributed by atoms with Crippen LogP contribution in [0.3, 0.4) is 0 Å². The Bertz CT molecular complexity index is 1910. The van der Waals surface area contributed by atoms with Crippen LogP contribution < -0.4 is 4.90 Å². The Balaban J connectivity index is 1.57. The number of hydrogen-bond acceptors (Lipinski definition) is 2. The van der Waals surface area contributed by atoms with Gasteiger partial charge in [0.25, 0.3) is 0 Å². The van der Waals surface area contributed by atoms with E-state index in [0.717, 1.165) is 38.5 Å². The van der Waals surface area contributed by atoms with Crippen LogP contribution in [0.5, 0.6) is 0 Å². The van der Waals surface area contributed by atoms with Crippen LogP contribution in [-0.2, 0) is 0 Å². The van der Waals surface area contributed by atoms with Crippen molar-refractivity contribution in [3.05, 3.63) is 158 Å². The third-order valence-corrected chi connectivity index (χ3v) is 7.33. The summed E-state index contributed by atoms with van der Waals surface area (Å²) in [5.74, 6) is 0.0155. The highest BCUT2D eigenvalue weighted by Gasteiger charge is 2.22. The predicted molar refractivity (Wildman–Crippen MR) is 165 cm³/mol. The molecule has 0 saturated carbocycles. The maximum atomic E-state index is 14.5. The first-order chi connectivity index (χ1) is 19.8. The molecule has 0 saturated heterocycles. The van der Waals surface area contributed by atoms with E-state index in [4.69, 9.17) is 0 Å². The molecule has 1 heterocycles. The van der Waals surface area contributed by atoms with Crippen molar-refractivity contribution >= 4 is 38.7 Å². The Kier molecular flexibility index (Phi) is 6.02. The topological polar surface area (TPSA) is 16.1 Å². The van der Waals surface area contributed by atoms with Gasteiger partial charge in [-0.15, -0.1) is 0 Å². The molecule has 7 rings (SSSR count). The number of fused-ring (bicyclic) bond motifs is 2. The van der Waals surface area contributed by atoms with Crippen LogP contribution in [0.15, 0.2) is 152 Å². The molecule has 0 radical (unpaired) electrons. The van der Waals surface area contributed by atoms with E-state index in [2.05, 4.69) is 107 Å². The normalized spacial score (nSPS) is 11.1. The number of halogens is 1. The summed E-state index contributed by atoms with van der Waals surface area (Å²) in [6.07, 6.45) is 0. The Morgan fingerprint density at radius 1 is 0.450 bits per heavy atom. The summed E-state index contributed by atoms with van der Waals surface area (Å²) in [4.78, 5) is 6.39. The fourth-order valence-electron chi connectivity index (χ4n) is 5.62. The highest BCUT2D eigenvalue weighted by atomic mass is 19.1. The molecular formula is C37H25FN2. The SMILES string of the molecule is Fc1cccc(N(c2ccccc2)c2c3ccccc3c(-c3cccc(-c4ccccc4)c3)c3ccccc23)n1. The van der Waals surface area contributed by atoms with Gasteiger partial charge >= 0.3 is 0 Å². The van der Waals surface area contributed by atoms with Gasteiger partial charge in [0.05, 0.1) is 5.69 Å². The molecule has 0 aliphatic heterocycles. The summed E-state index contributed by atoms with van der Waals surface area (Å²) in [6, 6.07) is 51.1. The average molecular weight is 517 g/mol. The second-order valence-corrected chi connectivity index (χ2v) is 9.75. The number of anilines is 3. The minimum Gasteiger partial charge on any atom is -0.294 e. The zero-order valence-electron chi connectivity index (χ0n) is 21.7. The Labute approximate surface area is 232 Å². The fraction of sp³-hybridized carbons (Fsp3) is 0. The van der Waals surface area contributed by atoms with Gasteiger partial charge in [-0.25, -0.2) is 4.98 Å². The van der Waals surface area contributed by atoms with E-state index in [0.29, 0.717) is 5.82 Å². The first kappa shape index (κ1) is 23.8. The monoisotopic (exact) mass is 516 g/mol. The number of aromatic nitrogens is 1.